The second-order valence-corrected chi connectivity index (χ2v) is 2.71. The van der Waals surface area contributed by atoms with Crippen molar-refractivity contribution >= 4 is 6.40 Å². The van der Waals surface area contributed by atoms with Crippen LogP contribution in [0.15, 0.2) is 23.2 Å². The van der Waals surface area contributed by atoms with Gasteiger partial charge in [-0.2, -0.15) is 0 Å². The number of aliphatic imine (C=N–C) groups is 1. The van der Waals surface area contributed by atoms with Gasteiger partial charge in [0.1, 0.15) is 24.3 Å². The van der Waals surface area contributed by atoms with Gasteiger partial charge in [0, 0.05) is 11.6 Å². The number of halogens is 2. The molecular weight excluding hydrogens is 176 g/mol. The quantitative estimate of drug-likeness (QED) is 0.650. The number of hydrogen-bond donors (Lipinski definition) is 0. The molecule has 1 atom stereocenters. The van der Waals surface area contributed by atoms with Gasteiger partial charge in [-0.1, -0.05) is 6.07 Å². The molecule has 67 valence electrons. The Bertz CT molecular complexity index is 351. The molecule has 0 fully saturated rings. The smallest absolute Gasteiger partial charge is 0.273 e. The van der Waals surface area contributed by atoms with E-state index in [9.17, 15) is 8.78 Å². The Balaban J connectivity index is 2.34. The summed E-state index contributed by atoms with van der Waals surface area (Å²) in [5, 5.41) is 0. The maximum Gasteiger partial charge on any atom is 0.273 e. The van der Waals surface area contributed by atoms with Gasteiger partial charge >= 0.3 is 0 Å². The van der Waals surface area contributed by atoms with Gasteiger partial charge in [-0.3, -0.25) is 0 Å². The molecule has 0 spiro atoms. The molecule has 1 aromatic rings. The summed E-state index contributed by atoms with van der Waals surface area (Å²) in [5.41, 5.74) is 0.339. The van der Waals surface area contributed by atoms with Crippen molar-refractivity contribution in [2.24, 2.45) is 4.99 Å². The third-order valence-electron chi connectivity index (χ3n) is 1.84. The first-order valence-corrected chi connectivity index (χ1v) is 3.79. The minimum atomic E-state index is -0.596. The summed E-state index contributed by atoms with van der Waals surface area (Å²) in [5.74, 6) is -1.19. The van der Waals surface area contributed by atoms with E-state index in [2.05, 4.69) is 11.4 Å². The van der Waals surface area contributed by atoms with Crippen LogP contribution in [0.3, 0.4) is 0 Å². The van der Waals surface area contributed by atoms with E-state index < -0.39 is 11.6 Å². The predicted octanol–water partition coefficient (Wildman–Crippen LogP) is 1.94. The highest BCUT2D eigenvalue weighted by molar-refractivity contribution is 5.50. The maximum atomic E-state index is 13.1. The fourth-order valence-electron chi connectivity index (χ4n) is 1.19. The molecule has 0 bridgehead atoms. The standard InChI is InChI=1S/C9H6F2NO/c10-6-1-2-7(8(11)3-6)9-4-13-5-12-9/h1-3,9H,4H2. The molecule has 1 unspecified atom stereocenters. The lowest BCUT2D eigenvalue weighted by atomic mass is 10.1. The van der Waals surface area contributed by atoms with Crippen molar-refractivity contribution in [1.29, 1.82) is 0 Å². The van der Waals surface area contributed by atoms with Crippen LogP contribution in [0.5, 0.6) is 0 Å². The first kappa shape index (κ1) is 8.16. The van der Waals surface area contributed by atoms with Gasteiger partial charge in [0.15, 0.2) is 0 Å². The van der Waals surface area contributed by atoms with E-state index in [0.29, 0.717) is 5.56 Å². The average Bonchev–Trinajstić information content (AvgIpc) is 2.56. The monoisotopic (exact) mass is 182 g/mol. The normalized spacial score (nSPS) is 20.3. The molecule has 1 aliphatic heterocycles. The number of ether oxygens (including phenoxy) is 1. The van der Waals surface area contributed by atoms with E-state index >= 15 is 0 Å². The van der Waals surface area contributed by atoms with Crippen LogP contribution in [-0.2, 0) is 4.74 Å². The fourth-order valence-corrected chi connectivity index (χ4v) is 1.19. The first-order chi connectivity index (χ1) is 6.27. The Morgan fingerprint density at radius 3 is 2.92 bits per heavy atom. The molecule has 1 heterocycles. The van der Waals surface area contributed by atoms with Crippen LogP contribution in [-0.4, -0.2) is 13.0 Å². The van der Waals surface area contributed by atoms with Crippen molar-refractivity contribution in [3.8, 4) is 0 Å². The van der Waals surface area contributed by atoms with E-state index in [-0.39, 0.29) is 12.6 Å². The third-order valence-corrected chi connectivity index (χ3v) is 1.84. The topological polar surface area (TPSA) is 21.6 Å². The SMILES string of the molecule is Fc1ccc(C2CO[C]=N2)c(F)c1. The van der Waals surface area contributed by atoms with Crippen molar-refractivity contribution in [1.82, 2.24) is 0 Å². The molecule has 1 aliphatic rings. The lowest BCUT2D eigenvalue weighted by Crippen LogP contribution is -2.00. The molecule has 1 aromatic carbocycles. The zero-order valence-electron chi connectivity index (χ0n) is 6.63. The van der Waals surface area contributed by atoms with Gasteiger partial charge in [0.25, 0.3) is 6.40 Å². The van der Waals surface area contributed by atoms with Gasteiger partial charge in [0.05, 0.1) is 0 Å². The maximum absolute atomic E-state index is 13.1. The minimum absolute atomic E-state index is 0.266. The summed E-state index contributed by atoms with van der Waals surface area (Å²) >= 11 is 0. The predicted molar refractivity (Wildman–Crippen MR) is 42.5 cm³/mol. The van der Waals surface area contributed by atoms with E-state index in [0.717, 1.165) is 6.07 Å². The summed E-state index contributed by atoms with van der Waals surface area (Å²) < 4.78 is 30.4. The Morgan fingerprint density at radius 2 is 2.31 bits per heavy atom. The number of hydrogen-bond acceptors (Lipinski definition) is 2. The van der Waals surface area contributed by atoms with Crippen molar-refractivity contribution in [3.05, 3.63) is 35.4 Å². The highest BCUT2D eigenvalue weighted by Gasteiger charge is 2.18. The summed E-state index contributed by atoms with van der Waals surface area (Å²) in [6.07, 6.45) is 2.28. The van der Waals surface area contributed by atoms with Crippen molar-refractivity contribution in [2.45, 2.75) is 6.04 Å². The molecule has 0 aliphatic carbocycles. The van der Waals surface area contributed by atoms with E-state index in [1.54, 1.807) is 0 Å². The summed E-state index contributed by atoms with van der Waals surface area (Å²) in [6, 6.07) is 3.02. The number of nitrogens with zero attached hydrogens (tertiary/aromatic N) is 1. The van der Waals surface area contributed by atoms with Gasteiger partial charge in [-0.05, 0) is 6.07 Å². The molecule has 13 heavy (non-hydrogen) atoms. The fraction of sp³-hybridized carbons (Fsp3) is 0.222. The molecular formula is C9H6F2NO. The van der Waals surface area contributed by atoms with Gasteiger partial charge < -0.3 is 4.74 Å². The molecule has 2 nitrogen and oxygen atoms in total. The largest absolute Gasteiger partial charge is 0.471 e. The van der Waals surface area contributed by atoms with Crippen LogP contribution in [0.1, 0.15) is 11.6 Å². The third kappa shape index (κ3) is 1.52. The van der Waals surface area contributed by atoms with Crippen LogP contribution in [0.2, 0.25) is 0 Å². The Labute approximate surface area is 73.9 Å². The summed E-state index contributed by atoms with van der Waals surface area (Å²) in [4.78, 5) is 3.76. The second-order valence-electron chi connectivity index (χ2n) is 2.71. The van der Waals surface area contributed by atoms with Gasteiger partial charge in [0.2, 0.25) is 0 Å². The average molecular weight is 182 g/mol. The molecule has 2 rings (SSSR count). The van der Waals surface area contributed by atoms with Crippen LogP contribution >= 0.6 is 0 Å². The van der Waals surface area contributed by atoms with Crippen LogP contribution in [0, 0.1) is 11.6 Å². The molecule has 0 aromatic heterocycles. The van der Waals surface area contributed by atoms with Crippen LogP contribution < -0.4 is 0 Å². The van der Waals surface area contributed by atoms with Gasteiger partial charge in [-0.15, -0.1) is 0 Å². The van der Waals surface area contributed by atoms with Gasteiger partial charge in [-0.25, -0.2) is 13.8 Å². The Hall–Kier alpha value is -1.45. The number of rotatable bonds is 1. The Morgan fingerprint density at radius 1 is 1.46 bits per heavy atom. The second kappa shape index (κ2) is 3.12. The van der Waals surface area contributed by atoms with E-state index in [4.69, 9.17) is 4.74 Å². The molecule has 4 heteroatoms. The highest BCUT2D eigenvalue weighted by Crippen LogP contribution is 2.23. The Kier molecular flexibility index (Phi) is 1.96. The minimum Gasteiger partial charge on any atom is -0.471 e. The first-order valence-electron chi connectivity index (χ1n) is 3.79. The van der Waals surface area contributed by atoms with Crippen LogP contribution in [0.4, 0.5) is 8.78 Å². The molecule has 0 amide bonds. The van der Waals surface area contributed by atoms with Crippen LogP contribution in [0.25, 0.3) is 0 Å². The van der Waals surface area contributed by atoms with E-state index in [1.165, 1.54) is 12.1 Å². The molecule has 0 saturated heterocycles. The zero-order valence-corrected chi connectivity index (χ0v) is 6.63. The van der Waals surface area contributed by atoms with Crippen molar-refractivity contribution in [3.63, 3.8) is 0 Å². The lowest BCUT2D eigenvalue weighted by molar-refractivity contribution is 0.327. The molecule has 0 N–H and O–H groups in total. The highest BCUT2D eigenvalue weighted by atomic mass is 19.1. The van der Waals surface area contributed by atoms with Crippen molar-refractivity contribution < 1.29 is 13.5 Å². The zero-order chi connectivity index (χ0) is 9.26. The summed E-state index contributed by atoms with van der Waals surface area (Å²) in [7, 11) is 0. The van der Waals surface area contributed by atoms with E-state index in [1.807, 2.05) is 0 Å². The molecule has 1 radical (unpaired) electrons. The van der Waals surface area contributed by atoms with Crippen molar-refractivity contribution in [2.75, 3.05) is 6.61 Å². The molecule has 0 saturated carbocycles. The summed E-state index contributed by atoms with van der Waals surface area (Å²) in [6.45, 7) is 0.266. The number of benzene rings is 1. The lowest BCUT2D eigenvalue weighted by Gasteiger charge is -2.06.